The average molecular weight is 529 g/mol. The third kappa shape index (κ3) is 5.07. The number of nitrogens with one attached hydrogen (secondary N) is 1. The summed E-state index contributed by atoms with van der Waals surface area (Å²) < 4.78 is 11.8. The zero-order valence-electron chi connectivity index (χ0n) is 21.7. The van der Waals surface area contributed by atoms with Crippen LogP contribution in [0, 0.1) is 20.8 Å². The molecule has 0 saturated heterocycles. The van der Waals surface area contributed by atoms with E-state index < -0.39 is 0 Å². The van der Waals surface area contributed by atoms with E-state index in [0.717, 1.165) is 27.9 Å². The van der Waals surface area contributed by atoms with Crippen LogP contribution in [0.2, 0.25) is 0 Å². The van der Waals surface area contributed by atoms with Gasteiger partial charge in [0.2, 0.25) is 11.8 Å². The minimum atomic E-state index is -0.158. The second-order valence-electron chi connectivity index (χ2n) is 9.11. The molecule has 0 aliphatic carbocycles. The van der Waals surface area contributed by atoms with Gasteiger partial charge in [-0.05, 0) is 50.1 Å². The molecule has 0 bridgehead atoms. The number of aromatic nitrogens is 3. The summed E-state index contributed by atoms with van der Waals surface area (Å²) in [5.41, 5.74) is 6.60. The Balaban J connectivity index is 1.52. The maximum Gasteiger partial charge on any atom is 0.234 e. The number of amides is 1. The van der Waals surface area contributed by atoms with E-state index in [1.807, 2.05) is 63.2 Å². The van der Waals surface area contributed by atoms with Crippen molar-refractivity contribution in [2.45, 2.75) is 38.8 Å². The number of ether oxygens (including phenoxy) is 2. The molecule has 0 radical (unpaired) electrons. The Morgan fingerprint density at radius 2 is 1.95 bits per heavy atom. The van der Waals surface area contributed by atoms with E-state index >= 15 is 0 Å². The second kappa shape index (κ2) is 10.8. The molecule has 1 aliphatic rings. The first-order valence-corrected chi connectivity index (χ1v) is 13.2. The molecule has 2 aromatic carbocycles. The molecule has 9 heteroatoms. The molecule has 0 atom stereocenters. The van der Waals surface area contributed by atoms with Crippen LogP contribution < -0.4 is 14.8 Å². The number of carbonyl (C=O) groups is 1. The SMILES string of the molecule is COc1ccccc1-c1nc2c(c(SCC(=O)Nc3cc(C)ccc3C)n1)Cc1c(CO)cnc(C)c1O2. The summed E-state index contributed by atoms with van der Waals surface area (Å²) >= 11 is 1.32. The molecule has 38 heavy (non-hydrogen) atoms. The fourth-order valence-electron chi connectivity index (χ4n) is 4.35. The fourth-order valence-corrected chi connectivity index (χ4v) is 5.18. The Labute approximate surface area is 225 Å². The van der Waals surface area contributed by atoms with Crippen LogP contribution in [0.15, 0.2) is 53.7 Å². The Kier molecular flexibility index (Phi) is 7.31. The molecule has 8 nitrogen and oxygen atoms in total. The van der Waals surface area contributed by atoms with E-state index in [0.29, 0.717) is 51.5 Å². The van der Waals surface area contributed by atoms with Crippen LogP contribution in [-0.4, -0.2) is 38.8 Å². The number of thioether (sulfide) groups is 1. The highest BCUT2D eigenvalue weighted by Gasteiger charge is 2.28. The number of pyridine rings is 1. The molecule has 5 rings (SSSR count). The highest BCUT2D eigenvalue weighted by atomic mass is 32.2. The molecule has 0 spiro atoms. The van der Waals surface area contributed by atoms with Gasteiger partial charge < -0.3 is 19.9 Å². The number of benzene rings is 2. The smallest absolute Gasteiger partial charge is 0.234 e. The van der Waals surface area contributed by atoms with Crippen molar-refractivity contribution in [1.29, 1.82) is 0 Å². The van der Waals surface area contributed by atoms with Crippen LogP contribution in [0.3, 0.4) is 0 Å². The van der Waals surface area contributed by atoms with Crippen molar-refractivity contribution in [2.24, 2.45) is 0 Å². The van der Waals surface area contributed by atoms with E-state index in [2.05, 4.69) is 10.3 Å². The molecule has 2 aromatic heterocycles. The van der Waals surface area contributed by atoms with Gasteiger partial charge in [-0.1, -0.05) is 36.0 Å². The first-order valence-electron chi connectivity index (χ1n) is 12.2. The highest BCUT2D eigenvalue weighted by Crippen LogP contribution is 2.43. The quantitative estimate of drug-likeness (QED) is 0.214. The number of hydrogen-bond acceptors (Lipinski definition) is 8. The largest absolute Gasteiger partial charge is 0.496 e. The highest BCUT2D eigenvalue weighted by molar-refractivity contribution is 8.00. The van der Waals surface area contributed by atoms with E-state index in [1.54, 1.807) is 13.3 Å². The van der Waals surface area contributed by atoms with Gasteiger partial charge >= 0.3 is 0 Å². The fraction of sp³-hybridized carbons (Fsp3) is 0.241. The molecular formula is C29H28N4O4S. The summed E-state index contributed by atoms with van der Waals surface area (Å²) in [4.78, 5) is 26.9. The predicted octanol–water partition coefficient (Wildman–Crippen LogP) is 5.39. The second-order valence-corrected chi connectivity index (χ2v) is 10.1. The molecule has 0 unspecified atom stereocenters. The van der Waals surface area contributed by atoms with Gasteiger partial charge in [0, 0.05) is 29.4 Å². The number of methoxy groups -OCH3 is 1. The van der Waals surface area contributed by atoms with Gasteiger partial charge in [0.25, 0.3) is 0 Å². The summed E-state index contributed by atoms with van der Waals surface area (Å²) in [7, 11) is 1.60. The minimum absolute atomic E-state index is 0.136. The van der Waals surface area contributed by atoms with Gasteiger partial charge in [0.05, 0.1) is 36.3 Å². The van der Waals surface area contributed by atoms with Gasteiger partial charge in [-0.3, -0.25) is 9.78 Å². The molecule has 4 aromatic rings. The van der Waals surface area contributed by atoms with Crippen LogP contribution in [0.25, 0.3) is 11.4 Å². The minimum Gasteiger partial charge on any atom is -0.496 e. The number of fused-ring (bicyclic) bond motifs is 2. The summed E-state index contributed by atoms with van der Waals surface area (Å²) in [6, 6.07) is 13.5. The van der Waals surface area contributed by atoms with E-state index in [9.17, 15) is 9.90 Å². The average Bonchev–Trinajstić information content (AvgIpc) is 2.93. The van der Waals surface area contributed by atoms with Gasteiger partial charge in [-0.25, -0.2) is 4.98 Å². The van der Waals surface area contributed by atoms with Crippen molar-refractivity contribution in [1.82, 2.24) is 15.0 Å². The summed E-state index contributed by atoms with van der Waals surface area (Å²) in [6.07, 6.45) is 2.12. The van der Waals surface area contributed by atoms with Crippen LogP contribution in [0.1, 0.15) is 33.5 Å². The number of para-hydroxylation sites is 1. The Morgan fingerprint density at radius 1 is 1.13 bits per heavy atom. The topological polar surface area (TPSA) is 106 Å². The number of aryl methyl sites for hydroxylation is 3. The van der Waals surface area contributed by atoms with Crippen molar-refractivity contribution >= 4 is 23.4 Å². The van der Waals surface area contributed by atoms with Gasteiger partial charge in [-0.15, -0.1) is 0 Å². The van der Waals surface area contributed by atoms with Crippen molar-refractivity contribution < 1.29 is 19.4 Å². The van der Waals surface area contributed by atoms with Crippen molar-refractivity contribution in [3.8, 4) is 28.8 Å². The molecule has 194 valence electrons. The Bertz CT molecular complexity index is 1540. The predicted molar refractivity (Wildman–Crippen MR) is 147 cm³/mol. The first kappa shape index (κ1) is 25.7. The zero-order chi connectivity index (χ0) is 26.8. The lowest BCUT2D eigenvalue weighted by molar-refractivity contribution is -0.113. The van der Waals surface area contributed by atoms with E-state index in [-0.39, 0.29) is 18.3 Å². The molecular weight excluding hydrogens is 500 g/mol. The molecule has 2 N–H and O–H groups in total. The number of carbonyl (C=O) groups excluding carboxylic acids is 1. The van der Waals surface area contributed by atoms with E-state index in [4.69, 9.17) is 19.4 Å². The molecule has 0 fully saturated rings. The molecule has 1 amide bonds. The third-order valence-electron chi connectivity index (χ3n) is 6.41. The summed E-state index contributed by atoms with van der Waals surface area (Å²) in [5.74, 6) is 2.09. The van der Waals surface area contributed by atoms with Crippen LogP contribution in [-0.2, 0) is 17.8 Å². The lowest BCUT2D eigenvalue weighted by atomic mass is 9.99. The van der Waals surface area contributed by atoms with Crippen LogP contribution in [0.5, 0.6) is 17.4 Å². The maximum absolute atomic E-state index is 12.9. The summed E-state index contributed by atoms with van der Waals surface area (Å²) in [6.45, 7) is 5.66. The van der Waals surface area contributed by atoms with Crippen molar-refractivity contribution in [3.63, 3.8) is 0 Å². The lowest BCUT2D eigenvalue weighted by Gasteiger charge is -2.24. The number of anilines is 1. The lowest BCUT2D eigenvalue weighted by Crippen LogP contribution is -2.16. The number of aliphatic hydroxyl groups is 1. The summed E-state index contributed by atoms with van der Waals surface area (Å²) in [5, 5.41) is 13.6. The van der Waals surface area contributed by atoms with Crippen molar-refractivity contribution in [3.05, 3.63) is 82.2 Å². The van der Waals surface area contributed by atoms with Crippen LogP contribution >= 0.6 is 11.8 Å². The van der Waals surface area contributed by atoms with Gasteiger partial charge in [0.15, 0.2) is 11.6 Å². The number of aliphatic hydroxyl groups excluding tert-OH is 1. The third-order valence-corrected chi connectivity index (χ3v) is 7.43. The maximum atomic E-state index is 12.9. The Hall–Kier alpha value is -3.95. The standard InChI is InChI=1S/C29H28N4O4S/c1-16-9-10-17(2)23(11-16)31-25(35)15-38-29-22-12-21-19(14-34)13-30-18(3)26(21)37-28(22)32-27(33-29)20-7-5-6-8-24(20)36-4/h5-11,13,34H,12,14-15H2,1-4H3,(H,31,35). The van der Waals surface area contributed by atoms with E-state index in [1.165, 1.54) is 11.8 Å². The number of nitrogens with zero attached hydrogens (tertiary/aromatic N) is 3. The zero-order valence-corrected chi connectivity index (χ0v) is 22.5. The van der Waals surface area contributed by atoms with Crippen molar-refractivity contribution in [2.75, 3.05) is 18.2 Å². The van der Waals surface area contributed by atoms with Gasteiger partial charge in [0.1, 0.15) is 10.8 Å². The first-order chi connectivity index (χ1) is 18.4. The number of rotatable bonds is 7. The molecule has 1 aliphatic heterocycles. The Morgan fingerprint density at radius 3 is 2.74 bits per heavy atom. The van der Waals surface area contributed by atoms with Gasteiger partial charge in [-0.2, -0.15) is 4.98 Å². The molecule has 0 saturated carbocycles. The number of hydrogen-bond donors (Lipinski definition) is 2. The molecule has 3 heterocycles. The monoisotopic (exact) mass is 528 g/mol. The van der Waals surface area contributed by atoms with Crippen LogP contribution in [0.4, 0.5) is 5.69 Å². The normalized spacial score (nSPS) is 11.8.